The first-order valence-electron chi connectivity index (χ1n) is 10.1. The number of carbonyl (C=O) groups is 1. The zero-order valence-corrected chi connectivity index (χ0v) is 16.9. The summed E-state index contributed by atoms with van der Waals surface area (Å²) in [6.45, 7) is 1.31. The van der Waals surface area contributed by atoms with Crippen LogP contribution in [0.15, 0.2) is 47.4 Å². The number of hydrogen-bond donors (Lipinski definition) is 2. The highest BCUT2D eigenvalue weighted by Crippen LogP contribution is 2.18. The normalized spacial score (nSPS) is 16.3. The van der Waals surface area contributed by atoms with E-state index >= 15 is 0 Å². The van der Waals surface area contributed by atoms with Crippen LogP contribution in [-0.4, -0.2) is 63.1 Å². The van der Waals surface area contributed by atoms with E-state index < -0.39 is 0 Å². The monoisotopic (exact) mass is 418 g/mol. The van der Waals surface area contributed by atoms with E-state index in [-0.39, 0.29) is 30.5 Å². The highest BCUT2D eigenvalue weighted by Gasteiger charge is 2.30. The van der Waals surface area contributed by atoms with Gasteiger partial charge in [0.1, 0.15) is 17.7 Å². The van der Waals surface area contributed by atoms with E-state index in [2.05, 4.69) is 15.0 Å². The lowest BCUT2D eigenvalue weighted by Crippen LogP contribution is -2.57. The molecule has 2 N–H and O–H groups in total. The molecule has 1 unspecified atom stereocenters. The van der Waals surface area contributed by atoms with Gasteiger partial charge in [-0.05, 0) is 24.3 Å². The Morgan fingerprint density at radius 3 is 2.84 bits per heavy atom. The Labute approximate surface area is 178 Å². The number of amides is 1. The SMILES string of the molecule is N#Cc1ccc(N2CCN(C(=O)CCc3nc4ccccc4c(=O)[nH]3)C(CO)C2)nc1. The summed E-state index contributed by atoms with van der Waals surface area (Å²) in [6.07, 6.45) is 2.01. The molecule has 9 heteroatoms. The van der Waals surface area contributed by atoms with E-state index in [9.17, 15) is 14.7 Å². The Kier molecular flexibility index (Phi) is 5.91. The van der Waals surface area contributed by atoms with E-state index in [4.69, 9.17) is 5.26 Å². The van der Waals surface area contributed by atoms with Gasteiger partial charge in [-0.3, -0.25) is 9.59 Å². The molecule has 0 radical (unpaired) electrons. The lowest BCUT2D eigenvalue weighted by atomic mass is 10.1. The molecule has 3 heterocycles. The van der Waals surface area contributed by atoms with Crippen molar-refractivity contribution in [1.82, 2.24) is 19.9 Å². The summed E-state index contributed by atoms with van der Waals surface area (Å²) in [7, 11) is 0. The van der Waals surface area contributed by atoms with E-state index in [1.165, 1.54) is 6.20 Å². The molecule has 31 heavy (non-hydrogen) atoms. The number of aliphatic hydroxyl groups excluding tert-OH is 1. The second-order valence-corrected chi connectivity index (χ2v) is 7.42. The van der Waals surface area contributed by atoms with Gasteiger partial charge < -0.3 is 19.9 Å². The number of carbonyl (C=O) groups excluding carboxylic acids is 1. The number of nitrogens with zero attached hydrogens (tertiary/aromatic N) is 5. The summed E-state index contributed by atoms with van der Waals surface area (Å²) in [5.74, 6) is 1.09. The molecule has 1 amide bonds. The molecule has 0 saturated carbocycles. The van der Waals surface area contributed by atoms with E-state index in [0.29, 0.717) is 54.2 Å². The molecule has 1 saturated heterocycles. The number of H-pyrrole nitrogens is 1. The van der Waals surface area contributed by atoms with Crippen molar-refractivity contribution >= 4 is 22.6 Å². The predicted molar refractivity (Wildman–Crippen MR) is 114 cm³/mol. The van der Waals surface area contributed by atoms with Gasteiger partial charge in [0.2, 0.25) is 5.91 Å². The highest BCUT2D eigenvalue weighted by molar-refractivity contribution is 5.78. The summed E-state index contributed by atoms with van der Waals surface area (Å²) >= 11 is 0. The van der Waals surface area contributed by atoms with Gasteiger partial charge in [-0.2, -0.15) is 5.26 Å². The number of para-hydroxylation sites is 1. The molecular formula is C22H22N6O3. The lowest BCUT2D eigenvalue weighted by Gasteiger charge is -2.41. The van der Waals surface area contributed by atoms with Crippen LogP contribution < -0.4 is 10.5 Å². The van der Waals surface area contributed by atoms with Gasteiger partial charge in [-0.1, -0.05) is 12.1 Å². The van der Waals surface area contributed by atoms with Crippen LogP contribution in [-0.2, 0) is 11.2 Å². The van der Waals surface area contributed by atoms with Crippen LogP contribution in [0.3, 0.4) is 0 Å². The van der Waals surface area contributed by atoms with Crippen molar-refractivity contribution in [3.05, 3.63) is 64.3 Å². The van der Waals surface area contributed by atoms with Gasteiger partial charge in [0, 0.05) is 38.7 Å². The Hall–Kier alpha value is -3.77. The van der Waals surface area contributed by atoms with Crippen molar-refractivity contribution in [3.8, 4) is 6.07 Å². The molecule has 9 nitrogen and oxygen atoms in total. The van der Waals surface area contributed by atoms with Gasteiger partial charge in [0.25, 0.3) is 5.56 Å². The second kappa shape index (κ2) is 8.93. The summed E-state index contributed by atoms with van der Waals surface area (Å²) in [6, 6.07) is 12.2. The number of rotatable bonds is 5. The number of pyridine rings is 1. The van der Waals surface area contributed by atoms with E-state index in [1.54, 1.807) is 35.2 Å². The number of nitriles is 1. The van der Waals surface area contributed by atoms with Gasteiger partial charge in [-0.15, -0.1) is 0 Å². The fourth-order valence-corrected chi connectivity index (χ4v) is 3.81. The van der Waals surface area contributed by atoms with Crippen molar-refractivity contribution in [2.45, 2.75) is 18.9 Å². The summed E-state index contributed by atoms with van der Waals surface area (Å²) in [4.78, 5) is 40.2. The zero-order valence-electron chi connectivity index (χ0n) is 16.9. The smallest absolute Gasteiger partial charge is 0.258 e. The number of hydrogen-bond acceptors (Lipinski definition) is 7. The largest absolute Gasteiger partial charge is 0.394 e. The van der Waals surface area contributed by atoms with Crippen molar-refractivity contribution in [1.29, 1.82) is 5.26 Å². The van der Waals surface area contributed by atoms with Crippen LogP contribution in [0.5, 0.6) is 0 Å². The molecule has 0 aliphatic carbocycles. The van der Waals surface area contributed by atoms with Crippen LogP contribution in [0.1, 0.15) is 17.8 Å². The standard InChI is InChI=1S/C22H22N6O3/c23-11-15-5-7-20(24-12-15)27-9-10-28(16(13-27)14-29)21(30)8-6-19-25-18-4-2-1-3-17(18)22(31)26-19/h1-5,7,12,16,29H,6,8-10,13-14H2,(H,25,26,31). The van der Waals surface area contributed by atoms with Gasteiger partial charge in [0.15, 0.2) is 0 Å². The van der Waals surface area contributed by atoms with Crippen LogP contribution in [0, 0.1) is 11.3 Å². The van der Waals surface area contributed by atoms with Crippen LogP contribution in [0.2, 0.25) is 0 Å². The third-order valence-corrected chi connectivity index (χ3v) is 5.45. The Morgan fingerprint density at radius 1 is 1.26 bits per heavy atom. The van der Waals surface area contributed by atoms with Crippen molar-refractivity contribution in [2.24, 2.45) is 0 Å². The fourth-order valence-electron chi connectivity index (χ4n) is 3.81. The quantitative estimate of drug-likeness (QED) is 0.628. The van der Waals surface area contributed by atoms with Gasteiger partial charge in [0.05, 0.1) is 29.1 Å². The third-order valence-electron chi connectivity index (χ3n) is 5.45. The highest BCUT2D eigenvalue weighted by atomic mass is 16.3. The Bertz CT molecular complexity index is 1180. The van der Waals surface area contributed by atoms with Crippen LogP contribution in [0.25, 0.3) is 10.9 Å². The van der Waals surface area contributed by atoms with Crippen molar-refractivity contribution in [3.63, 3.8) is 0 Å². The maximum Gasteiger partial charge on any atom is 0.258 e. The fraction of sp³-hybridized carbons (Fsp3) is 0.318. The molecule has 158 valence electrons. The maximum atomic E-state index is 12.8. The minimum Gasteiger partial charge on any atom is -0.394 e. The Morgan fingerprint density at radius 2 is 2.10 bits per heavy atom. The first-order valence-corrected chi connectivity index (χ1v) is 10.1. The molecule has 1 aliphatic heterocycles. The number of benzene rings is 1. The summed E-state index contributed by atoms with van der Waals surface area (Å²) < 4.78 is 0. The second-order valence-electron chi connectivity index (χ2n) is 7.42. The minimum atomic E-state index is -0.359. The average Bonchev–Trinajstić information content (AvgIpc) is 2.82. The molecule has 3 aromatic rings. The number of aromatic amines is 1. The summed E-state index contributed by atoms with van der Waals surface area (Å²) in [5, 5.41) is 19.3. The van der Waals surface area contributed by atoms with Crippen LogP contribution in [0.4, 0.5) is 5.82 Å². The first-order chi connectivity index (χ1) is 15.1. The molecule has 0 spiro atoms. The molecule has 4 rings (SSSR count). The number of piperazine rings is 1. The lowest BCUT2D eigenvalue weighted by molar-refractivity contribution is -0.134. The minimum absolute atomic E-state index is 0.0951. The third kappa shape index (κ3) is 4.39. The van der Waals surface area contributed by atoms with Crippen LogP contribution >= 0.6 is 0 Å². The van der Waals surface area contributed by atoms with Gasteiger partial charge in [-0.25, -0.2) is 9.97 Å². The average molecular weight is 418 g/mol. The molecule has 1 aromatic carbocycles. The zero-order chi connectivity index (χ0) is 21.8. The number of fused-ring (bicyclic) bond motifs is 1. The Balaban J connectivity index is 1.40. The number of aromatic nitrogens is 3. The van der Waals surface area contributed by atoms with Crippen molar-refractivity contribution in [2.75, 3.05) is 31.1 Å². The molecule has 1 fully saturated rings. The number of nitrogens with one attached hydrogen (secondary N) is 1. The first kappa shape index (κ1) is 20.5. The number of aliphatic hydroxyl groups is 1. The number of anilines is 1. The molecule has 1 atom stereocenters. The molecule has 2 aromatic heterocycles. The molecule has 1 aliphatic rings. The van der Waals surface area contributed by atoms with E-state index in [1.807, 2.05) is 17.0 Å². The van der Waals surface area contributed by atoms with Crippen molar-refractivity contribution < 1.29 is 9.90 Å². The summed E-state index contributed by atoms with van der Waals surface area (Å²) in [5.41, 5.74) is 0.867. The predicted octanol–water partition coefficient (Wildman–Crippen LogP) is 0.832. The topological polar surface area (TPSA) is 126 Å². The number of aryl methyl sites for hydroxylation is 1. The molecular weight excluding hydrogens is 396 g/mol. The molecule has 0 bridgehead atoms. The maximum absolute atomic E-state index is 12.8. The van der Waals surface area contributed by atoms with E-state index in [0.717, 1.165) is 0 Å². The van der Waals surface area contributed by atoms with Gasteiger partial charge >= 0.3 is 0 Å².